The third kappa shape index (κ3) is 5.70. The minimum Gasteiger partial charge on any atom is -0.379 e. The van der Waals surface area contributed by atoms with E-state index in [2.05, 4.69) is 10.3 Å². The topological polar surface area (TPSA) is 94.6 Å². The molecule has 1 aromatic rings. The highest BCUT2D eigenvalue weighted by Crippen LogP contribution is 2.14. The molecule has 122 valence electrons. The molecule has 1 N–H and O–H groups in total. The Morgan fingerprint density at radius 2 is 2.32 bits per heavy atom. The van der Waals surface area contributed by atoms with E-state index in [4.69, 9.17) is 9.47 Å². The van der Waals surface area contributed by atoms with Crippen LogP contribution in [0.1, 0.15) is 12.1 Å². The van der Waals surface area contributed by atoms with Gasteiger partial charge >= 0.3 is 0 Å². The fraction of sp³-hybridized carbons (Fsp3) is 0.571. The summed E-state index contributed by atoms with van der Waals surface area (Å²) in [5, 5.41) is 2.67. The fourth-order valence-electron chi connectivity index (χ4n) is 2.21. The van der Waals surface area contributed by atoms with Crippen LogP contribution in [0, 0.1) is 0 Å². The van der Waals surface area contributed by atoms with Crippen molar-refractivity contribution in [2.75, 3.05) is 25.2 Å². The van der Waals surface area contributed by atoms with Crippen LogP contribution >= 0.6 is 0 Å². The third-order valence-corrected chi connectivity index (χ3v) is 3.99. The summed E-state index contributed by atoms with van der Waals surface area (Å²) < 4.78 is 33.4. The van der Waals surface area contributed by atoms with Gasteiger partial charge in [-0.15, -0.1) is 0 Å². The number of hydrogen-bond donors (Lipinski definition) is 1. The number of ether oxygens (including phenoxy) is 2. The highest BCUT2D eigenvalue weighted by atomic mass is 32.2. The molecule has 0 saturated carbocycles. The van der Waals surface area contributed by atoms with Crippen LogP contribution in [0.5, 0.6) is 0 Å². The van der Waals surface area contributed by atoms with Gasteiger partial charge in [0.1, 0.15) is 5.75 Å². The minimum absolute atomic E-state index is 0.223. The normalized spacial score (nSPS) is 22.2. The monoisotopic (exact) mass is 328 g/mol. The van der Waals surface area contributed by atoms with E-state index >= 15 is 0 Å². The largest absolute Gasteiger partial charge is 0.379 e. The number of nitrogens with one attached hydrogen (secondary N) is 1. The van der Waals surface area contributed by atoms with Crippen LogP contribution in [0.25, 0.3) is 0 Å². The molecule has 0 aliphatic carbocycles. The molecule has 22 heavy (non-hydrogen) atoms. The van der Waals surface area contributed by atoms with Gasteiger partial charge in [0.25, 0.3) is 0 Å². The number of nitrogens with zero attached hydrogens (tertiary/aromatic N) is 1. The molecular formula is C14H20N2O5S. The summed E-state index contributed by atoms with van der Waals surface area (Å²) in [5.41, 5.74) is 0.801. The van der Waals surface area contributed by atoms with Crippen molar-refractivity contribution in [3.05, 3.63) is 30.1 Å². The van der Waals surface area contributed by atoms with Crippen LogP contribution in [0.3, 0.4) is 0 Å². The fourth-order valence-corrected chi connectivity index (χ4v) is 2.77. The summed E-state index contributed by atoms with van der Waals surface area (Å²) in [4.78, 5) is 15.9. The summed E-state index contributed by atoms with van der Waals surface area (Å²) in [6.45, 7) is 1.19. The lowest BCUT2D eigenvalue weighted by molar-refractivity contribution is -0.124. The van der Waals surface area contributed by atoms with Gasteiger partial charge in [-0.05, 0) is 18.6 Å². The lowest BCUT2D eigenvalue weighted by Crippen LogP contribution is -2.51. The number of sulfone groups is 1. The Balaban J connectivity index is 1.89. The molecule has 0 spiro atoms. The first kappa shape index (κ1) is 16.9. The first-order valence-electron chi connectivity index (χ1n) is 7.00. The predicted molar refractivity (Wildman–Crippen MR) is 79.9 cm³/mol. The highest BCUT2D eigenvalue weighted by molar-refractivity contribution is 7.91. The Labute approximate surface area is 129 Å². The zero-order chi connectivity index (χ0) is 16.0. The van der Waals surface area contributed by atoms with Gasteiger partial charge < -0.3 is 14.8 Å². The van der Waals surface area contributed by atoms with Crippen LogP contribution in [0.15, 0.2) is 24.4 Å². The van der Waals surface area contributed by atoms with E-state index in [1.54, 1.807) is 6.20 Å². The molecular weight excluding hydrogens is 308 g/mol. The first-order valence-corrected chi connectivity index (χ1v) is 9.06. The predicted octanol–water partition coefficient (Wildman–Crippen LogP) is -0.0835. The van der Waals surface area contributed by atoms with Crippen molar-refractivity contribution in [3.8, 4) is 0 Å². The quantitative estimate of drug-likeness (QED) is 0.785. The number of rotatable bonds is 6. The number of amides is 1. The Hall–Kier alpha value is -1.51. The van der Waals surface area contributed by atoms with Crippen LogP contribution in [0.2, 0.25) is 0 Å². The average molecular weight is 328 g/mol. The lowest BCUT2D eigenvalue weighted by Gasteiger charge is -2.32. The molecule has 7 nitrogen and oxygen atoms in total. The average Bonchev–Trinajstić information content (AvgIpc) is 2.45. The van der Waals surface area contributed by atoms with Crippen LogP contribution in [-0.4, -0.2) is 56.7 Å². The van der Waals surface area contributed by atoms with Crippen molar-refractivity contribution < 1.29 is 22.7 Å². The molecule has 0 unspecified atom stereocenters. The van der Waals surface area contributed by atoms with Crippen molar-refractivity contribution in [2.24, 2.45) is 0 Å². The van der Waals surface area contributed by atoms with E-state index in [0.29, 0.717) is 26.2 Å². The number of carbonyl (C=O) groups excluding carboxylic acids is 1. The number of carbonyl (C=O) groups is 1. The van der Waals surface area contributed by atoms with Gasteiger partial charge in [-0.1, -0.05) is 6.07 Å². The number of pyridine rings is 1. The van der Waals surface area contributed by atoms with E-state index in [1.807, 2.05) is 18.2 Å². The molecule has 8 heteroatoms. The standard InChI is InChI=1S/C14H20N2O5S/c1-22(18,19)10-14(17)16-12-9-20-7-5-13(12)21-8-11-4-2-3-6-15-11/h2-4,6,12-13H,5,7-10H2,1H3,(H,16,17)/t12-,13-/m1/s1. The van der Waals surface area contributed by atoms with Crippen molar-refractivity contribution in [3.63, 3.8) is 0 Å². The second kappa shape index (κ2) is 7.66. The Morgan fingerprint density at radius 3 is 3.00 bits per heavy atom. The maximum Gasteiger partial charge on any atom is 0.235 e. The molecule has 1 aliphatic heterocycles. The zero-order valence-corrected chi connectivity index (χ0v) is 13.2. The summed E-state index contributed by atoms with van der Waals surface area (Å²) in [6.07, 6.45) is 3.13. The molecule has 1 aromatic heterocycles. The van der Waals surface area contributed by atoms with Gasteiger partial charge in [0.2, 0.25) is 5.91 Å². The Bertz CT molecular complexity index is 591. The summed E-state index contributed by atoms with van der Waals surface area (Å²) in [7, 11) is -3.35. The van der Waals surface area contributed by atoms with E-state index in [1.165, 1.54) is 0 Å². The highest BCUT2D eigenvalue weighted by Gasteiger charge is 2.28. The van der Waals surface area contributed by atoms with Crippen molar-refractivity contribution >= 4 is 15.7 Å². The molecule has 1 aliphatic rings. The SMILES string of the molecule is CS(=O)(=O)CC(=O)N[C@@H]1COCC[C@H]1OCc1ccccn1. The molecule has 1 fully saturated rings. The maximum absolute atomic E-state index is 11.7. The summed E-state index contributed by atoms with van der Waals surface area (Å²) in [5.74, 6) is -1.07. The van der Waals surface area contributed by atoms with E-state index in [-0.39, 0.29) is 12.1 Å². The molecule has 2 atom stereocenters. The second-order valence-corrected chi connectivity index (χ2v) is 7.42. The van der Waals surface area contributed by atoms with Crippen LogP contribution < -0.4 is 5.32 Å². The minimum atomic E-state index is -3.35. The third-order valence-electron chi connectivity index (χ3n) is 3.20. The van der Waals surface area contributed by atoms with Gasteiger partial charge in [-0.2, -0.15) is 0 Å². The number of aromatic nitrogens is 1. The Morgan fingerprint density at radius 1 is 1.50 bits per heavy atom. The van der Waals surface area contributed by atoms with Gasteiger partial charge in [0, 0.05) is 19.1 Å². The molecule has 1 amide bonds. The van der Waals surface area contributed by atoms with Crippen LogP contribution in [0.4, 0.5) is 0 Å². The van der Waals surface area contributed by atoms with E-state index in [9.17, 15) is 13.2 Å². The maximum atomic E-state index is 11.7. The first-order chi connectivity index (χ1) is 10.4. The molecule has 0 radical (unpaired) electrons. The van der Waals surface area contributed by atoms with Crippen molar-refractivity contribution in [1.82, 2.24) is 10.3 Å². The van der Waals surface area contributed by atoms with E-state index < -0.39 is 21.5 Å². The molecule has 1 saturated heterocycles. The Kier molecular flexibility index (Phi) is 5.87. The molecule has 2 heterocycles. The zero-order valence-electron chi connectivity index (χ0n) is 12.4. The smallest absolute Gasteiger partial charge is 0.235 e. The summed E-state index contributed by atoms with van der Waals surface area (Å²) in [6, 6.07) is 5.20. The van der Waals surface area contributed by atoms with Crippen LogP contribution in [-0.2, 0) is 30.7 Å². The van der Waals surface area contributed by atoms with E-state index in [0.717, 1.165) is 11.9 Å². The van der Waals surface area contributed by atoms with Gasteiger partial charge in [0.15, 0.2) is 9.84 Å². The molecule has 0 aromatic carbocycles. The number of hydrogen-bond acceptors (Lipinski definition) is 6. The van der Waals surface area contributed by atoms with Gasteiger partial charge in [-0.3, -0.25) is 9.78 Å². The van der Waals surface area contributed by atoms with Gasteiger partial charge in [-0.25, -0.2) is 8.42 Å². The van der Waals surface area contributed by atoms with Crippen molar-refractivity contribution in [1.29, 1.82) is 0 Å². The van der Waals surface area contributed by atoms with Gasteiger partial charge in [0.05, 0.1) is 31.1 Å². The molecule has 0 bridgehead atoms. The second-order valence-electron chi connectivity index (χ2n) is 5.28. The molecule has 2 rings (SSSR count). The van der Waals surface area contributed by atoms with Crippen molar-refractivity contribution in [2.45, 2.75) is 25.2 Å². The summed E-state index contributed by atoms with van der Waals surface area (Å²) >= 11 is 0. The lowest BCUT2D eigenvalue weighted by atomic mass is 10.1.